The second-order valence-electron chi connectivity index (χ2n) is 2.11. The van der Waals surface area contributed by atoms with E-state index in [4.69, 9.17) is 9.05 Å². The highest BCUT2D eigenvalue weighted by atomic mass is 32.2. The minimum atomic E-state index is -2.94. The molecule has 0 radical (unpaired) electrons. The van der Waals surface area contributed by atoms with Crippen molar-refractivity contribution in [1.29, 1.82) is 0 Å². The molecule has 0 amide bonds. The van der Waals surface area contributed by atoms with E-state index >= 15 is 0 Å². The molecule has 0 aliphatic carbocycles. The molecule has 0 bridgehead atoms. The van der Waals surface area contributed by atoms with E-state index in [0.29, 0.717) is 19.0 Å². The van der Waals surface area contributed by atoms with Crippen molar-refractivity contribution in [3.05, 3.63) is 0 Å². The van der Waals surface area contributed by atoms with Gasteiger partial charge in [-0.25, -0.2) is 0 Å². The maximum atomic E-state index is 11.7. The summed E-state index contributed by atoms with van der Waals surface area (Å²) in [5.74, 6) is 0.324. The van der Waals surface area contributed by atoms with Gasteiger partial charge in [-0.15, -0.1) is 11.8 Å². The van der Waals surface area contributed by atoms with Crippen LogP contribution in [0.2, 0.25) is 0 Å². The lowest BCUT2D eigenvalue weighted by molar-refractivity contribution is -0.105. The van der Waals surface area contributed by atoms with Gasteiger partial charge in [-0.3, -0.25) is 4.57 Å². The van der Waals surface area contributed by atoms with Crippen LogP contribution >= 0.6 is 19.4 Å². The first-order valence-corrected chi connectivity index (χ1v) is 6.96. The molecule has 0 aliphatic heterocycles. The number of hydrogen-bond donors (Lipinski definition) is 0. The fourth-order valence-corrected chi connectivity index (χ4v) is 3.59. The van der Waals surface area contributed by atoms with Crippen molar-refractivity contribution in [3.8, 4) is 0 Å². The molecule has 0 N–H and O–H groups in total. The van der Waals surface area contributed by atoms with Gasteiger partial charge in [-0.05, 0) is 13.8 Å². The molecule has 0 heterocycles. The van der Waals surface area contributed by atoms with Gasteiger partial charge >= 0.3 is 7.60 Å². The third kappa shape index (κ3) is 6.27. The van der Waals surface area contributed by atoms with E-state index in [0.717, 1.165) is 6.29 Å². The Balaban J connectivity index is 3.91. The Morgan fingerprint density at radius 1 is 1.31 bits per heavy atom. The molecule has 6 heteroatoms. The third-order valence-electron chi connectivity index (χ3n) is 1.09. The van der Waals surface area contributed by atoms with Gasteiger partial charge in [-0.2, -0.15) is 0 Å². The maximum absolute atomic E-state index is 11.7. The lowest BCUT2D eigenvalue weighted by atomic mass is 10.9. The third-order valence-corrected chi connectivity index (χ3v) is 4.76. The number of thioether (sulfide) groups is 1. The summed E-state index contributed by atoms with van der Waals surface area (Å²) in [7, 11) is -2.94. The van der Waals surface area contributed by atoms with Gasteiger partial charge < -0.3 is 13.8 Å². The Bertz CT molecular complexity index is 175. The molecule has 0 aromatic carbocycles. The molecule has 78 valence electrons. The molecule has 0 atom stereocenters. The Hall–Kier alpha value is 0.170. The van der Waals surface area contributed by atoms with Gasteiger partial charge in [0.05, 0.1) is 18.7 Å². The highest BCUT2D eigenvalue weighted by Gasteiger charge is 2.22. The van der Waals surface area contributed by atoms with Gasteiger partial charge in [0, 0.05) is 5.75 Å². The molecule has 0 saturated carbocycles. The van der Waals surface area contributed by atoms with E-state index in [1.54, 1.807) is 13.8 Å². The summed E-state index contributed by atoms with van der Waals surface area (Å²) in [6.07, 6.45) is 0.771. The molecule has 0 rings (SSSR count). The van der Waals surface area contributed by atoms with Crippen LogP contribution in [0.1, 0.15) is 13.8 Å². The molecular formula is C7H15O4PS. The van der Waals surface area contributed by atoms with Crippen LogP contribution in [-0.4, -0.2) is 30.7 Å². The second kappa shape index (κ2) is 7.56. The van der Waals surface area contributed by atoms with Crippen LogP contribution < -0.4 is 0 Å². The molecule has 0 spiro atoms. The van der Waals surface area contributed by atoms with Crippen molar-refractivity contribution in [1.82, 2.24) is 0 Å². The zero-order valence-electron chi connectivity index (χ0n) is 7.89. The van der Waals surface area contributed by atoms with Crippen molar-refractivity contribution in [3.63, 3.8) is 0 Å². The zero-order valence-corrected chi connectivity index (χ0v) is 9.61. The van der Waals surface area contributed by atoms with Gasteiger partial charge in [-0.1, -0.05) is 0 Å². The van der Waals surface area contributed by atoms with Crippen LogP contribution in [-0.2, 0) is 18.4 Å². The second-order valence-corrected chi connectivity index (χ2v) is 5.63. The minimum Gasteiger partial charge on any atom is -0.308 e. The molecule has 4 nitrogen and oxygen atoms in total. The predicted molar refractivity (Wildman–Crippen MR) is 54.2 cm³/mol. The molecule has 0 saturated heterocycles. The Morgan fingerprint density at radius 3 is 2.23 bits per heavy atom. The molecule has 13 heavy (non-hydrogen) atoms. The summed E-state index contributed by atoms with van der Waals surface area (Å²) in [4.78, 5) is 10.0. The molecular weight excluding hydrogens is 211 g/mol. The van der Waals surface area contributed by atoms with Gasteiger partial charge in [0.2, 0.25) is 0 Å². The molecule has 0 aromatic rings. The molecule has 0 aliphatic rings. The van der Waals surface area contributed by atoms with Crippen LogP contribution in [0.15, 0.2) is 0 Å². The first-order chi connectivity index (χ1) is 6.18. The topological polar surface area (TPSA) is 52.6 Å². The average Bonchev–Trinajstić information content (AvgIpc) is 2.05. The van der Waals surface area contributed by atoms with E-state index in [1.807, 2.05) is 0 Å². The zero-order chi connectivity index (χ0) is 10.2. The molecule has 0 fully saturated rings. The average molecular weight is 226 g/mol. The monoisotopic (exact) mass is 226 g/mol. The van der Waals surface area contributed by atoms with E-state index in [2.05, 4.69) is 0 Å². The van der Waals surface area contributed by atoms with Crippen molar-refractivity contribution in [2.45, 2.75) is 13.8 Å². The van der Waals surface area contributed by atoms with E-state index < -0.39 is 7.60 Å². The number of carbonyl (C=O) groups excluding carboxylic acids is 1. The summed E-state index contributed by atoms with van der Waals surface area (Å²) in [6, 6.07) is 0. The maximum Gasteiger partial charge on any atom is 0.340 e. The number of rotatable bonds is 8. The van der Waals surface area contributed by atoms with Crippen LogP contribution in [0.4, 0.5) is 0 Å². The van der Waals surface area contributed by atoms with E-state index in [1.165, 1.54) is 11.8 Å². The Labute approximate surface area is 82.9 Å². The van der Waals surface area contributed by atoms with Crippen LogP contribution in [0, 0.1) is 0 Å². The van der Waals surface area contributed by atoms with Crippen molar-refractivity contribution in [2.24, 2.45) is 0 Å². The SMILES string of the molecule is CCOP(=O)(CSCC=O)OCC. The van der Waals surface area contributed by atoms with Gasteiger partial charge in [0.1, 0.15) is 6.29 Å². The minimum absolute atomic E-state index is 0.243. The number of aldehydes is 1. The normalized spacial score (nSPS) is 11.5. The summed E-state index contributed by atoms with van der Waals surface area (Å²) >= 11 is 1.26. The van der Waals surface area contributed by atoms with Crippen molar-refractivity contribution >= 4 is 25.6 Å². The van der Waals surface area contributed by atoms with Crippen LogP contribution in [0.25, 0.3) is 0 Å². The van der Waals surface area contributed by atoms with Crippen LogP contribution in [0.3, 0.4) is 0 Å². The summed E-state index contributed by atoms with van der Waals surface area (Å²) in [5, 5.41) is 0. The fraction of sp³-hybridized carbons (Fsp3) is 0.857. The largest absolute Gasteiger partial charge is 0.340 e. The van der Waals surface area contributed by atoms with Gasteiger partial charge in [0.25, 0.3) is 0 Å². The highest BCUT2D eigenvalue weighted by Crippen LogP contribution is 2.50. The summed E-state index contributed by atoms with van der Waals surface area (Å²) < 4.78 is 21.7. The standard InChI is InChI=1S/C7H15O4PS/c1-3-10-12(9,11-4-2)7-13-6-5-8/h5H,3-4,6-7H2,1-2H3. The first-order valence-electron chi connectivity index (χ1n) is 4.08. The smallest absolute Gasteiger partial charge is 0.308 e. The molecule has 0 unspecified atom stereocenters. The predicted octanol–water partition coefficient (Wildman–Crippen LogP) is 2.14. The lowest BCUT2D eigenvalue weighted by Crippen LogP contribution is -1.98. The Morgan fingerprint density at radius 2 is 1.85 bits per heavy atom. The summed E-state index contributed by atoms with van der Waals surface area (Å²) in [6.45, 7) is 4.24. The molecule has 0 aromatic heterocycles. The van der Waals surface area contributed by atoms with Gasteiger partial charge in [0.15, 0.2) is 0 Å². The van der Waals surface area contributed by atoms with E-state index in [-0.39, 0.29) is 5.49 Å². The van der Waals surface area contributed by atoms with Crippen molar-refractivity contribution < 1.29 is 18.4 Å². The summed E-state index contributed by atoms with van der Waals surface area (Å²) in [5.41, 5.74) is 0.243. The number of carbonyl (C=O) groups is 1. The lowest BCUT2D eigenvalue weighted by Gasteiger charge is -2.15. The Kier molecular flexibility index (Phi) is 7.66. The van der Waals surface area contributed by atoms with E-state index in [9.17, 15) is 9.36 Å². The number of hydrogen-bond acceptors (Lipinski definition) is 5. The fourth-order valence-electron chi connectivity index (χ4n) is 0.718. The van der Waals surface area contributed by atoms with Crippen LogP contribution in [0.5, 0.6) is 0 Å². The highest BCUT2D eigenvalue weighted by molar-refractivity contribution is 8.05. The quantitative estimate of drug-likeness (QED) is 0.360. The van der Waals surface area contributed by atoms with Crippen molar-refractivity contribution in [2.75, 3.05) is 24.5 Å². The first kappa shape index (κ1) is 13.2.